The first kappa shape index (κ1) is 7.37. The van der Waals surface area contributed by atoms with E-state index in [0.29, 0.717) is 5.01 Å². The van der Waals surface area contributed by atoms with Crippen molar-refractivity contribution in [1.82, 2.24) is 4.98 Å². The molecule has 0 unspecified atom stereocenters. The van der Waals surface area contributed by atoms with Crippen LogP contribution in [-0.2, 0) is 0 Å². The minimum Gasteiger partial charge on any atom is -0.321 e. The van der Waals surface area contributed by atoms with Gasteiger partial charge in [0.05, 0.1) is 6.04 Å². The smallest absolute Gasteiger partial charge is 0.207 e. The number of hydrogen-bond acceptors (Lipinski definition) is 4. The Hall–Kier alpha value is -0.740. The maximum atomic E-state index is 11.0. The Balaban J connectivity index is 2.78. The average molecular weight is 156 g/mol. The van der Waals surface area contributed by atoms with Crippen LogP contribution in [0.4, 0.5) is 0 Å². The van der Waals surface area contributed by atoms with Crippen LogP contribution >= 0.6 is 11.3 Å². The number of nitrogens with two attached hydrogens (primary N) is 1. The average Bonchev–Trinajstić information content (AvgIpc) is 2.36. The summed E-state index contributed by atoms with van der Waals surface area (Å²) in [6, 6.07) is -0.439. The van der Waals surface area contributed by atoms with Crippen LogP contribution in [0.25, 0.3) is 0 Å². The summed E-state index contributed by atoms with van der Waals surface area (Å²) in [7, 11) is 0. The second-order valence-corrected chi connectivity index (χ2v) is 2.88. The Kier molecular flexibility index (Phi) is 2.13. The highest BCUT2D eigenvalue weighted by atomic mass is 32.1. The lowest BCUT2D eigenvalue weighted by atomic mass is 10.2. The molecule has 2 N–H and O–H groups in total. The Morgan fingerprint density at radius 1 is 1.90 bits per heavy atom. The zero-order chi connectivity index (χ0) is 7.56. The molecular weight excluding hydrogens is 148 g/mol. The lowest BCUT2D eigenvalue weighted by Gasteiger charge is -1.97. The van der Waals surface area contributed by atoms with Gasteiger partial charge in [-0.1, -0.05) is 0 Å². The Morgan fingerprint density at radius 2 is 2.60 bits per heavy atom. The predicted molar refractivity (Wildman–Crippen MR) is 40.1 cm³/mol. The second-order valence-electron chi connectivity index (χ2n) is 1.99. The molecule has 54 valence electrons. The quantitative estimate of drug-likeness (QED) is 0.640. The maximum absolute atomic E-state index is 11.0. The molecule has 3 nitrogen and oxygen atoms in total. The third kappa shape index (κ3) is 1.40. The van der Waals surface area contributed by atoms with Crippen LogP contribution in [0.2, 0.25) is 0 Å². The number of ketones is 1. The highest BCUT2D eigenvalue weighted by Gasteiger charge is 2.11. The molecule has 10 heavy (non-hydrogen) atoms. The molecule has 0 aromatic carbocycles. The van der Waals surface area contributed by atoms with Crippen molar-refractivity contribution in [3.05, 3.63) is 16.6 Å². The summed E-state index contributed by atoms with van der Waals surface area (Å²) >= 11 is 1.32. The summed E-state index contributed by atoms with van der Waals surface area (Å²) in [4.78, 5) is 14.9. The first-order valence-corrected chi connectivity index (χ1v) is 3.79. The lowest BCUT2D eigenvalue weighted by Crippen LogP contribution is -2.26. The van der Waals surface area contributed by atoms with Crippen LogP contribution in [0.3, 0.4) is 0 Å². The van der Waals surface area contributed by atoms with Crippen molar-refractivity contribution in [2.24, 2.45) is 5.73 Å². The van der Waals surface area contributed by atoms with Crippen molar-refractivity contribution in [1.29, 1.82) is 0 Å². The normalized spacial score (nSPS) is 13.0. The highest BCUT2D eigenvalue weighted by molar-refractivity contribution is 7.11. The molecule has 0 aliphatic carbocycles. The Morgan fingerprint density at radius 3 is 3.00 bits per heavy atom. The number of carbonyl (C=O) groups excluding carboxylic acids is 1. The molecule has 0 amide bonds. The van der Waals surface area contributed by atoms with Gasteiger partial charge in [-0.05, 0) is 6.92 Å². The zero-order valence-corrected chi connectivity index (χ0v) is 6.39. The van der Waals surface area contributed by atoms with E-state index in [9.17, 15) is 4.79 Å². The molecule has 0 radical (unpaired) electrons. The van der Waals surface area contributed by atoms with Gasteiger partial charge in [0.15, 0.2) is 5.01 Å². The molecule has 1 aromatic rings. The topological polar surface area (TPSA) is 56.0 Å². The summed E-state index contributed by atoms with van der Waals surface area (Å²) in [5.74, 6) is -0.0880. The molecule has 0 fully saturated rings. The SMILES string of the molecule is C[C@H](N)C(=O)c1nccs1. The molecule has 1 atom stereocenters. The number of hydrogen-bond donors (Lipinski definition) is 1. The summed E-state index contributed by atoms with van der Waals surface area (Å²) < 4.78 is 0. The van der Waals surface area contributed by atoms with Crippen LogP contribution in [0.15, 0.2) is 11.6 Å². The Labute approximate surface area is 62.9 Å². The standard InChI is InChI=1S/C6H8N2OS/c1-4(7)5(9)6-8-2-3-10-6/h2-4H,7H2,1H3/t4-/m0/s1. The van der Waals surface area contributed by atoms with Crippen molar-refractivity contribution in [2.75, 3.05) is 0 Å². The minimum atomic E-state index is -0.439. The summed E-state index contributed by atoms with van der Waals surface area (Å²) in [5, 5.41) is 2.25. The molecule has 0 spiro atoms. The van der Waals surface area contributed by atoms with Crippen molar-refractivity contribution < 1.29 is 4.79 Å². The van der Waals surface area contributed by atoms with Crippen LogP contribution in [-0.4, -0.2) is 16.8 Å². The van der Waals surface area contributed by atoms with Gasteiger partial charge in [-0.3, -0.25) is 4.79 Å². The molecule has 0 aliphatic rings. The van der Waals surface area contributed by atoms with E-state index in [-0.39, 0.29) is 5.78 Å². The van der Waals surface area contributed by atoms with E-state index in [4.69, 9.17) is 5.73 Å². The van der Waals surface area contributed by atoms with Gasteiger partial charge in [-0.15, -0.1) is 11.3 Å². The van der Waals surface area contributed by atoms with Crippen LogP contribution in [0.5, 0.6) is 0 Å². The van der Waals surface area contributed by atoms with Crippen molar-refractivity contribution >= 4 is 17.1 Å². The first-order chi connectivity index (χ1) is 4.72. The van der Waals surface area contributed by atoms with E-state index in [1.807, 2.05) is 0 Å². The van der Waals surface area contributed by atoms with E-state index >= 15 is 0 Å². The van der Waals surface area contributed by atoms with Gasteiger partial charge in [0.25, 0.3) is 0 Å². The van der Waals surface area contributed by atoms with Crippen molar-refractivity contribution in [3.63, 3.8) is 0 Å². The molecule has 0 aliphatic heterocycles. The maximum Gasteiger partial charge on any atom is 0.207 e. The lowest BCUT2D eigenvalue weighted by molar-refractivity contribution is 0.0967. The Bertz CT molecular complexity index is 218. The summed E-state index contributed by atoms with van der Waals surface area (Å²) in [6.07, 6.45) is 1.60. The van der Waals surface area contributed by atoms with Gasteiger partial charge in [0, 0.05) is 11.6 Å². The van der Waals surface area contributed by atoms with Crippen LogP contribution < -0.4 is 5.73 Å². The van der Waals surface area contributed by atoms with Crippen molar-refractivity contribution in [2.45, 2.75) is 13.0 Å². The predicted octanol–water partition coefficient (Wildman–Crippen LogP) is 0.673. The number of thiazole rings is 1. The molecular formula is C6H8N2OS. The number of Topliss-reactive ketones (excluding diaryl/α,β-unsaturated/α-hetero) is 1. The second kappa shape index (κ2) is 2.90. The summed E-state index contributed by atoms with van der Waals surface area (Å²) in [6.45, 7) is 1.66. The molecule has 4 heteroatoms. The van der Waals surface area contributed by atoms with Gasteiger partial charge in [0.2, 0.25) is 5.78 Å². The number of aromatic nitrogens is 1. The van der Waals surface area contributed by atoms with E-state index in [2.05, 4.69) is 4.98 Å². The van der Waals surface area contributed by atoms with Crippen LogP contribution in [0, 0.1) is 0 Å². The van der Waals surface area contributed by atoms with E-state index < -0.39 is 6.04 Å². The molecule has 1 aromatic heterocycles. The fraction of sp³-hybridized carbons (Fsp3) is 0.333. The molecule has 0 saturated carbocycles. The van der Waals surface area contributed by atoms with E-state index in [0.717, 1.165) is 0 Å². The van der Waals surface area contributed by atoms with Gasteiger partial charge in [0.1, 0.15) is 0 Å². The van der Waals surface area contributed by atoms with Gasteiger partial charge < -0.3 is 5.73 Å². The summed E-state index contributed by atoms with van der Waals surface area (Å²) in [5.41, 5.74) is 5.34. The van der Waals surface area contributed by atoms with Gasteiger partial charge in [-0.25, -0.2) is 4.98 Å². The zero-order valence-electron chi connectivity index (χ0n) is 5.57. The first-order valence-electron chi connectivity index (χ1n) is 2.91. The number of nitrogens with zero attached hydrogens (tertiary/aromatic N) is 1. The largest absolute Gasteiger partial charge is 0.321 e. The third-order valence-electron chi connectivity index (χ3n) is 1.06. The highest BCUT2D eigenvalue weighted by Crippen LogP contribution is 2.05. The van der Waals surface area contributed by atoms with Gasteiger partial charge >= 0.3 is 0 Å². The third-order valence-corrected chi connectivity index (χ3v) is 1.84. The minimum absolute atomic E-state index is 0.0880. The van der Waals surface area contributed by atoms with Crippen molar-refractivity contribution in [3.8, 4) is 0 Å². The monoisotopic (exact) mass is 156 g/mol. The fourth-order valence-electron chi connectivity index (χ4n) is 0.540. The van der Waals surface area contributed by atoms with Crippen LogP contribution in [0.1, 0.15) is 16.7 Å². The fourth-order valence-corrected chi connectivity index (χ4v) is 1.21. The molecule has 0 saturated heterocycles. The van der Waals surface area contributed by atoms with E-state index in [1.165, 1.54) is 11.3 Å². The van der Waals surface area contributed by atoms with E-state index in [1.54, 1.807) is 18.5 Å². The number of carbonyl (C=O) groups is 1. The number of rotatable bonds is 2. The molecule has 0 bridgehead atoms. The molecule has 1 rings (SSSR count). The molecule has 1 heterocycles. The van der Waals surface area contributed by atoms with Gasteiger partial charge in [-0.2, -0.15) is 0 Å².